The maximum absolute atomic E-state index is 13.7. The van der Waals surface area contributed by atoms with E-state index in [2.05, 4.69) is 0 Å². The molecule has 102 valence electrons. The Hall–Kier alpha value is -2.43. The zero-order valence-corrected chi connectivity index (χ0v) is 10.4. The molecule has 0 saturated heterocycles. The van der Waals surface area contributed by atoms with Gasteiger partial charge in [0.2, 0.25) is 0 Å². The minimum Gasteiger partial charge on any atom is -0.478 e. The van der Waals surface area contributed by atoms with E-state index in [1.54, 1.807) is 6.07 Å². The monoisotopic (exact) mass is 275 g/mol. The maximum atomic E-state index is 13.7. The Bertz CT molecular complexity index is 700. The van der Waals surface area contributed by atoms with Gasteiger partial charge >= 0.3 is 5.97 Å². The first kappa shape index (κ1) is 12.6. The van der Waals surface area contributed by atoms with Crippen LogP contribution in [0.3, 0.4) is 0 Å². The van der Waals surface area contributed by atoms with Crippen LogP contribution in [-0.4, -0.2) is 11.1 Å². The van der Waals surface area contributed by atoms with Crippen molar-refractivity contribution in [2.45, 2.75) is 13.1 Å². The molecule has 0 saturated carbocycles. The van der Waals surface area contributed by atoms with Crippen molar-refractivity contribution in [1.29, 1.82) is 0 Å². The molecule has 0 bridgehead atoms. The molecule has 0 amide bonds. The number of nitrogens with zero attached hydrogens (tertiary/aromatic N) is 1. The molecular formula is C15H11F2NO2. The summed E-state index contributed by atoms with van der Waals surface area (Å²) in [7, 11) is 0. The quantitative estimate of drug-likeness (QED) is 0.915. The van der Waals surface area contributed by atoms with Gasteiger partial charge in [-0.2, -0.15) is 0 Å². The second-order valence-electron chi connectivity index (χ2n) is 4.70. The Kier molecular flexibility index (Phi) is 2.89. The van der Waals surface area contributed by atoms with E-state index in [1.165, 1.54) is 24.3 Å². The van der Waals surface area contributed by atoms with E-state index < -0.39 is 11.8 Å². The maximum Gasteiger partial charge on any atom is 0.338 e. The second kappa shape index (κ2) is 4.59. The van der Waals surface area contributed by atoms with Crippen LogP contribution in [0.2, 0.25) is 0 Å². The van der Waals surface area contributed by atoms with Gasteiger partial charge in [-0.3, -0.25) is 0 Å². The summed E-state index contributed by atoms with van der Waals surface area (Å²) in [6, 6.07) is 8.82. The fourth-order valence-corrected chi connectivity index (χ4v) is 2.44. The first-order valence-electron chi connectivity index (χ1n) is 6.10. The molecule has 0 aliphatic carbocycles. The minimum atomic E-state index is -1.30. The van der Waals surface area contributed by atoms with E-state index in [4.69, 9.17) is 5.11 Å². The van der Waals surface area contributed by atoms with Crippen LogP contribution in [0, 0.1) is 11.6 Å². The van der Waals surface area contributed by atoms with Crippen molar-refractivity contribution < 1.29 is 18.7 Å². The summed E-state index contributed by atoms with van der Waals surface area (Å²) >= 11 is 0. The lowest BCUT2D eigenvalue weighted by molar-refractivity contribution is 0.0692. The van der Waals surface area contributed by atoms with Gasteiger partial charge in [-0.15, -0.1) is 0 Å². The molecule has 0 fully saturated rings. The molecule has 0 atom stereocenters. The third-order valence-electron chi connectivity index (χ3n) is 3.47. The Morgan fingerprint density at radius 3 is 2.55 bits per heavy atom. The lowest BCUT2D eigenvalue weighted by atomic mass is 10.1. The number of carboxylic acids is 1. The molecule has 5 heteroatoms. The highest BCUT2D eigenvalue weighted by atomic mass is 19.1. The number of hydrogen-bond donors (Lipinski definition) is 1. The number of halogens is 2. The first-order valence-corrected chi connectivity index (χ1v) is 6.10. The van der Waals surface area contributed by atoms with Crippen LogP contribution in [0.1, 0.15) is 21.5 Å². The van der Waals surface area contributed by atoms with Gasteiger partial charge in [0.1, 0.15) is 11.6 Å². The number of carboxylic acid groups (broad SMARTS) is 1. The van der Waals surface area contributed by atoms with E-state index in [0.29, 0.717) is 24.3 Å². The Labute approximate surface area is 114 Å². The average molecular weight is 275 g/mol. The van der Waals surface area contributed by atoms with Crippen molar-refractivity contribution in [3.8, 4) is 0 Å². The lowest BCUT2D eigenvalue weighted by Crippen LogP contribution is -2.15. The van der Waals surface area contributed by atoms with Crippen LogP contribution in [-0.2, 0) is 13.1 Å². The largest absolute Gasteiger partial charge is 0.478 e. The molecule has 0 radical (unpaired) electrons. The highest BCUT2D eigenvalue weighted by Gasteiger charge is 2.23. The van der Waals surface area contributed by atoms with Gasteiger partial charge in [0.25, 0.3) is 0 Å². The number of benzene rings is 2. The fraction of sp³-hybridized carbons (Fsp3) is 0.133. The van der Waals surface area contributed by atoms with Gasteiger partial charge in [-0.1, -0.05) is 12.1 Å². The lowest BCUT2D eigenvalue weighted by Gasteiger charge is -2.18. The van der Waals surface area contributed by atoms with Crippen LogP contribution in [0.5, 0.6) is 0 Å². The average Bonchev–Trinajstić information content (AvgIpc) is 2.83. The van der Waals surface area contributed by atoms with Gasteiger partial charge in [0.05, 0.1) is 5.56 Å². The molecular weight excluding hydrogens is 264 g/mol. The van der Waals surface area contributed by atoms with E-state index in [0.717, 1.165) is 5.56 Å². The molecule has 0 unspecified atom stereocenters. The molecule has 3 nitrogen and oxygen atoms in total. The highest BCUT2D eigenvalue weighted by molar-refractivity contribution is 5.88. The standard InChI is InChI=1S/C15H11F2NO2/c16-13-3-1-2-9-7-18(8-12(9)13)10-4-5-11(15(19)20)14(17)6-10/h1-6H,7-8H2,(H,19,20). The summed E-state index contributed by atoms with van der Waals surface area (Å²) in [5.41, 5.74) is 1.66. The predicted molar refractivity (Wildman–Crippen MR) is 69.6 cm³/mol. The summed E-state index contributed by atoms with van der Waals surface area (Å²) < 4.78 is 27.3. The molecule has 2 aromatic rings. The predicted octanol–water partition coefficient (Wildman–Crippen LogP) is 3.18. The number of anilines is 1. The zero-order valence-electron chi connectivity index (χ0n) is 10.4. The Morgan fingerprint density at radius 2 is 1.90 bits per heavy atom. The Morgan fingerprint density at radius 1 is 1.10 bits per heavy atom. The number of aromatic carboxylic acids is 1. The van der Waals surface area contributed by atoms with Crippen LogP contribution >= 0.6 is 0 Å². The van der Waals surface area contributed by atoms with Crippen LogP contribution in [0.25, 0.3) is 0 Å². The third kappa shape index (κ3) is 2.01. The molecule has 0 aromatic heterocycles. The SMILES string of the molecule is O=C(O)c1ccc(N2Cc3cccc(F)c3C2)cc1F. The number of hydrogen-bond acceptors (Lipinski definition) is 2. The zero-order chi connectivity index (χ0) is 14.3. The molecule has 3 rings (SSSR count). The molecule has 1 heterocycles. The summed E-state index contributed by atoms with van der Waals surface area (Å²) in [5.74, 6) is -2.36. The first-order chi connectivity index (χ1) is 9.56. The number of fused-ring (bicyclic) bond motifs is 1. The van der Waals surface area contributed by atoms with Crippen molar-refractivity contribution >= 4 is 11.7 Å². The number of rotatable bonds is 2. The summed E-state index contributed by atoms with van der Waals surface area (Å²) in [4.78, 5) is 12.6. The van der Waals surface area contributed by atoms with Crippen molar-refractivity contribution in [2.24, 2.45) is 0 Å². The molecule has 20 heavy (non-hydrogen) atoms. The van der Waals surface area contributed by atoms with Gasteiger partial charge < -0.3 is 10.0 Å². The molecule has 2 aromatic carbocycles. The Balaban J connectivity index is 1.92. The molecule has 0 spiro atoms. The van der Waals surface area contributed by atoms with Crippen LogP contribution in [0.15, 0.2) is 36.4 Å². The smallest absolute Gasteiger partial charge is 0.338 e. The normalized spacial score (nSPS) is 13.4. The van der Waals surface area contributed by atoms with E-state index >= 15 is 0 Å². The van der Waals surface area contributed by atoms with Crippen LogP contribution in [0.4, 0.5) is 14.5 Å². The van der Waals surface area contributed by atoms with Crippen molar-refractivity contribution in [1.82, 2.24) is 0 Å². The van der Waals surface area contributed by atoms with E-state index in [-0.39, 0.29) is 11.4 Å². The van der Waals surface area contributed by atoms with Crippen LogP contribution < -0.4 is 4.90 Å². The van der Waals surface area contributed by atoms with Crippen molar-refractivity contribution in [3.63, 3.8) is 0 Å². The summed E-state index contributed by atoms with van der Waals surface area (Å²) in [6.07, 6.45) is 0. The van der Waals surface area contributed by atoms with E-state index in [1.807, 2.05) is 11.0 Å². The van der Waals surface area contributed by atoms with Crippen molar-refractivity contribution in [3.05, 3.63) is 64.7 Å². The highest BCUT2D eigenvalue weighted by Crippen LogP contribution is 2.30. The fourth-order valence-electron chi connectivity index (χ4n) is 2.44. The summed E-state index contributed by atoms with van der Waals surface area (Å²) in [6.45, 7) is 0.840. The molecule has 1 aliphatic rings. The third-order valence-corrected chi connectivity index (χ3v) is 3.47. The van der Waals surface area contributed by atoms with Gasteiger partial charge in [-0.25, -0.2) is 13.6 Å². The van der Waals surface area contributed by atoms with Gasteiger partial charge in [0.15, 0.2) is 0 Å². The van der Waals surface area contributed by atoms with Gasteiger partial charge in [0, 0.05) is 24.3 Å². The molecule has 1 N–H and O–H groups in total. The van der Waals surface area contributed by atoms with Crippen molar-refractivity contribution in [2.75, 3.05) is 4.90 Å². The summed E-state index contributed by atoms with van der Waals surface area (Å²) in [5, 5.41) is 8.80. The number of carbonyl (C=O) groups is 1. The molecule has 1 aliphatic heterocycles. The van der Waals surface area contributed by atoms with Gasteiger partial charge in [-0.05, 0) is 29.8 Å². The minimum absolute atomic E-state index is 0.271. The second-order valence-corrected chi connectivity index (χ2v) is 4.70. The van der Waals surface area contributed by atoms with E-state index in [9.17, 15) is 13.6 Å². The topological polar surface area (TPSA) is 40.5 Å².